The Hall–Kier alpha value is -1.81. The lowest BCUT2D eigenvalue weighted by molar-refractivity contribution is -0.131. The van der Waals surface area contributed by atoms with E-state index in [2.05, 4.69) is 10.2 Å². The van der Waals surface area contributed by atoms with Crippen molar-refractivity contribution in [3.8, 4) is 11.5 Å². The Balaban J connectivity index is 1.67. The number of aromatic nitrogens is 2. The third-order valence-corrected chi connectivity index (χ3v) is 7.07. The van der Waals surface area contributed by atoms with Gasteiger partial charge in [-0.3, -0.25) is 4.79 Å². The van der Waals surface area contributed by atoms with Crippen molar-refractivity contribution in [3.05, 3.63) is 18.1 Å². The molecule has 26 heavy (non-hydrogen) atoms. The second kappa shape index (κ2) is 7.43. The monoisotopic (exact) mass is 399 g/mol. The van der Waals surface area contributed by atoms with Gasteiger partial charge in [-0.15, -0.1) is 10.2 Å². The fraction of sp³-hybridized carbons (Fsp3) is 0.562. The van der Waals surface area contributed by atoms with Gasteiger partial charge in [-0.25, -0.2) is 8.42 Å². The molecule has 0 spiro atoms. The largest absolute Gasteiger partial charge is 0.469 e. The van der Waals surface area contributed by atoms with Crippen LogP contribution < -0.4 is 0 Å². The van der Waals surface area contributed by atoms with Crippen LogP contribution in [0.5, 0.6) is 0 Å². The molecule has 0 radical (unpaired) electrons. The van der Waals surface area contributed by atoms with E-state index in [1.807, 2.05) is 6.92 Å². The molecule has 0 aliphatic carbocycles. The van der Waals surface area contributed by atoms with Gasteiger partial charge in [0.05, 0.1) is 28.6 Å². The minimum absolute atomic E-state index is 0.0361. The molecule has 1 fully saturated rings. The van der Waals surface area contributed by atoms with Gasteiger partial charge in [-0.1, -0.05) is 11.8 Å². The molecule has 0 saturated carbocycles. The van der Waals surface area contributed by atoms with E-state index in [0.29, 0.717) is 24.6 Å². The Morgan fingerprint density at radius 2 is 2.23 bits per heavy atom. The number of furan rings is 1. The number of hydrogen-bond acceptors (Lipinski definition) is 8. The Labute approximate surface area is 156 Å². The molecular formula is C16H21N3O5S2. The Bertz CT molecular complexity index is 889. The summed E-state index contributed by atoms with van der Waals surface area (Å²) in [5, 5.41) is 7.80. The van der Waals surface area contributed by atoms with Crippen molar-refractivity contribution in [3.63, 3.8) is 0 Å². The van der Waals surface area contributed by atoms with Crippen molar-refractivity contribution in [2.75, 3.05) is 18.1 Å². The van der Waals surface area contributed by atoms with Crippen molar-refractivity contribution in [2.45, 2.75) is 43.7 Å². The van der Waals surface area contributed by atoms with Crippen molar-refractivity contribution < 1.29 is 22.0 Å². The normalized spacial score (nSPS) is 20.2. The topological polar surface area (TPSA) is 107 Å². The standard InChI is InChI=1S/C16H21N3O5S2/c1-4-19(12-6-8-26(21,22)9-12)15(20)11(3)25-16-18-17-14(24-16)13-5-7-23-10(13)2/h5,7,11-12H,4,6,8-9H2,1-3H3/t11-,12+/m0/s1. The van der Waals surface area contributed by atoms with Gasteiger partial charge in [-0.05, 0) is 33.3 Å². The molecule has 2 atom stereocenters. The first-order chi connectivity index (χ1) is 12.3. The number of rotatable bonds is 6. The van der Waals surface area contributed by atoms with Crippen LogP contribution in [0.15, 0.2) is 26.4 Å². The van der Waals surface area contributed by atoms with Gasteiger partial charge in [0.2, 0.25) is 5.91 Å². The van der Waals surface area contributed by atoms with E-state index in [1.165, 1.54) is 11.8 Å². The lowest BCUT2D eigenvalue weighted by Crippen LogP contribution is -2.44. The number of aryl methyl sites for hydroxylation is 1. The van der Waals surface area contributed by atoms with Crippen LogP contribution in [0.2, 0.25) is 0 Å². The van der Waals surface area contributed by atoms with Gasteiger partial charge in [0.25, 0.3) is 11.1 Å². The SMILES string of the molecule is CCN(C(=O)[C@H](C)Sc1nnc(-c2ccoc2C)o1)[C@@H]1CCS(=O)(=O)C1. The maximum atomic E-state index is 12.8. The van der Waals surface area contributed by atoms with Crippen LogP contribution in [0.3, 0.4) is 0 Å². The van der Waals surface area contributed by atoms with Crippen LogP contribution >= 0.6 is 11.8 Å². The second-order valence-electron chi connectivity index (χ2n) is 6.20. The van der Waals surface area contributed by atoms with E-state index < -0.39 is 15.1 Å². The molecule has 1 aliphatic heterocycles. The Morgan fingerprint density at radius 1 is 1.46 bits per heavy atom. The number of amides is 1. The van der Waals surface area contributed by atoms with Crippen molar-refractivity contribution in [2.24, 2.45) is 0 Å². The summed E-state index contributed by atoms with van der Waals surface area (Å²) in [6.45, 7) is 5.87. The zero-order valence-electron chi connectivity index (χ0n) is 14.8. The molecule has 1 saturated heterocycles. The molecule has 0 unspecified atom stereocenters. The summed E-state index contributed by atoms with van der Waals surface area (Å²) in [5.74, 6) is 1.06. The molecule has 2 aromatic rings. The zero-order chi connectivity index (χ0) is 18.9. The first-order valence-electron chi connectivity index (χ1n) is 8.36. The molecule has 0 N–H and O–H groups in total. The quantitative estimate of drug-likeness (QED) is 0.680. The van der Waals surface area contributed by atoms with Crippen molar-refractivity contribution in [1.29, 1.82) is 0 Å². The summed E-state index contributed by atoms with van der Waals surface area (Å²) in [6, 6.07) is 1.48. The Morgan fingerprint density at radius 3 is 2.81 bits per heavy atom. The van der Waals surface area contributed by atoms with Gasteiger partial charge in [0, 0.05) is 12.6 Å². The molecular weight excluding hydrogens is 378 g/mol. The summed E-state index contributed by atoms with van der Waals surface area (Å²) in [6.07, 6.45) is 2.03. The highest BCUT2D eigenvalue weighted by atomic mass is 32.2. The van der Waals surface area contributed by atoms with Crippen LogP contribution in [-0.2, 0) is 14.6 Å². The second-order valence-corrected chi connectivity index (χ2v) is 9.73. The van der Waals surface area contributed by atoms with E-state index in [0.717, 1.165) is 5.56 Å². The lowest BCUT2D eigenvalue weighted by Gasteiger charge is -2.28. The predicted octanol–water partition coefficient (Wildman–Crippen LogP) is 2.15. The Kier molecular flexibility index (Phi) is 5.42. The van der Waals surface area contributed by atoms with E-state index in [9.17, 15) is 13.2 Å². The molecule has 1 amide bonds. The van der Waals surface area contributed by atoms with Crippen molar-refractivity contribution >= 4 is 27.5 Å². The van der Waals surface area contributed by atoms with Gasteiger partial charge in [0.15, 0.2) is 9.84 Å². The number of hydrogen-bond donors (Lipinski definition) is 0. The molecule has 10 heteroatoms. The lowest BCUT2D eigenvalue weighted by atomic mass is 10.2. The number of thioether (sulfide) groups is 1. The van der Waals surface area contributed by atoms with Gasteiger partial charge in [0.1, 0.15) is 5.76 Å². The summed E-state index contributed by atoms with van der Waals surface area (Å²) >= 11 is 1.17. The molecule has 0 aromatic carbocycles. The summed E-state index contributed by atoms with van der Waals surface area (Å²) in [4.78, 5) is 14.4. The van der Waals surface area contributed by atoms with Gasteiger partial charge >= 0.3 is 0 Å². The molecule has 0 bridgehead atoms. The highest BCUT2D eigenvalue weighted by molar-refractivity contribution is 8.00. The van der Waals surface area contributed by atoms with Crippen LogP contribution in [0.1, 0.15) is 26.0 Å². The average molecular weight is 399 g/mol. The zero-order valence-corrected chi connectivity index (χ0v) is 16.5. The molecule has 1 aliphatic rings. The van der Waals surface area contributed by atoms with Crippen LogP contribution in [0, 0.1) is 6.92 Å². The van der Waals surface area contributed by atoms with Gasteiger partial charge < -0.3 is 13.7 Å². The number of carbonyl (C=O) groups is 1. The average Bonchev–Trinajstić information content (AvgIpc) is 3.28. The molecule has 3 rings (SSSR count). The highest BCUT2D eigenvalue weighted by Crippen LogP contribution is 2.29. The van der Waals surface area contributed by atoms with Crippen LogP contribution in [0.25, 0.3) is 11.5 Å². The number of sulfone groups is 1. The summed E-state index contributed by atoms with van der Waals surface area (Å²) in [7, 11) is -3.04. The third kappa shape index (κ3) is 3.96. The maximum absolute atomic E-state index is 12.8. The van der Waals surface area contributed by atoms with Crippen molar-refractivity contribution in [1.82, 2.24) is 15.1 Å². The molecule has 3 heterocycles. The minimum atomic E-state index is -3.04. The molecule has 2 aromatic heterocycles. The number of nitrogens with zero attached hydrogens (tertiary/aromatic N) is 3. The smallest absolute Gasteiger partial charge is 0.277 e. The van der Waals surface area contributed by atoms with Crippen LogP contribution in [0.4, 0.5) is 0 Å². The summed E-state index contributed by atoms with van der Waals surface area (Å²) in [5.41, 5.74) is 0.717. The highest BCUT2D eigenvalue weighted by Gasteiger charge is 2.35. The van der Waals surface area contributed by atoms with Gasteiger partial charge in [-0.2, -0.15) is 0 Å². The maximum Gasteiger partial charge on any atom is 0.277 e. The third-order valence-electron chi connectivity index (χ3n) is 4.39. The first-order valence-corrected chi connectivity index (χ1v) is 11.1. The first kappa shape index (κ1) is 19.0. The predicted molar refractivity (Wildman–Crippen MR) is 96.5 cm³/mol. The van der Waals surface area contributed by atoms with E-state index in [1.54, 1.807) is 31.1 Å². The van der Waals surface area contributed by atoms with Crippen LogP contribution in [-0.4, -0.2) is 58.8 Å². The van der Waals surface area contributed by atoms with E-state index >= 15 is 0 Å². The minimum Gasteiger partial charge on any atom is -0.469 e. The fourth-order valence-electron chi connectivity index (χ4n) is 3.02. The number of carbonyl (C=O) groups excluding carboxylic acids is 1. The molecule has 142 valence electrons. The summed E-state index contributed by atoms with van der Waals surface area (Å²) < 4.78 is 34.2. The van der Waals surface area contributed by atoms with E-state index in [4.69, 9.17) is 8.83 Å². The van der Waals surface area contributed by atoms with E-state index in [-0.39, 0.29) is 28.7 Å². The fourth-order valence-corrected chi connectivity index (χ4v) is 5.51. The molecule has 8 nitrogen and oxygen atoms in total.